The zero-order valence-electron chi connectivity index (χ0n) is 24.6. The lowest BCUT2D eigenvalue weighted by Crippen LogP contribution is -2.57. The molecule has 6 atom stereocenters. The highest BCUT2D eigenvalue weighted by atomic mass is 16.7. The second kappa shape index (κ2) is 11.8. The van der Waals surface area contributed by atoms with Crippen molar-refractivity contribution >= 4 is 17.9 Å². The zero-order chi connectivity index (χ0) is 30.1. The lowest BCUT2D eigenvalue weighted by Gasteiger charge is -2.43. The Hall–Kier alpha value is -3.22. The Labute approximate surface area is 245 Å². The van der Waals surface area contributed by atoms with Gasteiger partial charge in [0.05, 0.1) is 29.1 Å². The van der Waals surface area contributed by atoms with Crippen LogP contribution in [0.4, 0.5) is 15.3 Å². The smallest absolute Gasteiger partial charge is 0.443 e. The predicted molar refractivity (Wildman–Crippen MR) is 149 cm³/mol. The SMILES string of the molecule is COC1C(OC(=O)NC2(COC(=O)Oc3ccc([N+](=O)[O-])cc3)CCCC2)CC[C@]2(CO2)C1C1(C)O[C@@H]1CC=C(C)C. The summed E-state index contributed by atoms with van der Waals surface area (Å²) in [6.07, 6.45) is 4.86. The van der Waals surface area contributed by atoms with Crippen LogP contribution in [0.2, 0.25) is 0 Å². The number of nitrogens with zero attached hydrogens (tertiary/aromatic N) is 1. The Morgan fingerprint density at radius 1 is 1.17 bits per heavy atom. The van der Waals surface area contributed by atoms with E-state index in [1.165, 1.54) is 29.8 Å². The molecule has 0 aromatic heterocycles. The lowest BCUT2D eigenvalue weighted by molar-refractivity contribution is -0.384. The van der Waals surface area contributed by atoms with E-state index in [1.807, 2.05) is 0 Å². The molecule has 2 aliphatic heterocycles. The van der Waals surface area contributed by atoms with Gasteiger partial charge in [-0.1, -0.05) is 24.5 Å². The molecule has 12 heteroatoms. The van der Waals surface area contributed by atoms with Crippen molar-refractivity contribution in [3.05, 3.63) is 46.0 Å². The molecule has 2 saturated carbocycles. The summed E-state index contributed by atoms with van der Waals surface area (Å²) in [6.45, 7) is 6.78. The van der Waals surface area contributed by atoms with Crippen LogP contribution in [0.1, 0.15) is 65.7 Å². The minimum atomic E-state index is -0.963. The highest BCUT2D eigenvalue weighted by Gasteiger charge is 2.72. The Morgan fingerprint density at radius 3 is 2.45 bits per heavy atom. The maximum Gasteiger partial charge on any atom is 0.513 e. The maximum absolute atomic E-state index is 13.3. The van der Waals surface area contributed by atoms with Crippen molar-refractivity contribution in [3.63, 3.8) is 0 Å². The number of alkyl carbamates (subject to hydrolysis) is 1. The summed E-state index contributed by atoms with van der Waals surface area (Å²) in [4.78, 5) is 35.9. The first-order valence-electron chi connectivity index (χ1n) is 14.5. The molecule has 4 aliphatic rings. The van der Waals surface area contributed by atoms with E-state index in [2.05, 4.69) is 32.2 Å². The van der Waals surface area contributed by atoms with E-state index in [0.29, 0.717) is 25.9 Å². The number of ether oxygens (including phenoxy) is 6. The molecule has 1 aromatic carbocycles. The number of nitro benzene ring substituents is 1. The van der Waals surface area contributed by atoms with Crippen LogP contribution in [0, 0.1) is 16.0 Å². The summed E-state index contributed by atoms with van der Waals surface area (Å²) >= 11 is 0. The molecule has 1 spiro atoms. The van der Waals surface area contributed by atoms with E-state index in [4.69, 9.17) is 28.4 Å². The van der Waals surface area contributed by atoms with Crippen LogP contribution < -0.4 is 10.1 Å². The van der Waals surface area contributed by atoms with Crippen LogP contribution in [-0.4, -0.2) is 72.5 Å². The van der Waals surface area contributed by atoms with Gasteiger partial charge in [-0.15, -0.1) is 0 Å². The number of benzene rings is 1. The Morgan fingerprint density at radius 2 is 1.86 bits per heavy atom. The van der Waals surface area contributed by atoms with Crippen LogP contribution in [0.3, 0.4) is 0 Å². The minimum Gasteiger partial charge on any atom is -0.443 e. The molecule has 0 radical (unpaired) electrons. The quantitative estimate of drug-likeness (QED) is 0.0961. The third-order valence-corrected chi connectivity index (χ3v) is 9.14. The molecule has 42 heavy (non-hydrogen) atoms. The van der Waals surface area contributed by atoms with Crippen LogP contribution in [0.25, 0.3) is 0 Å². The first kappa shape index (κ1) is 30.2. The van der Waals surface area contributed by atoms with Crippen molar-refractivity contribution in [2.75, 3.05) is 20.3 Å². The molecule has 1 aromatic rings. The first-order valence-corrected chi connectivity index (χ1v) is 14.5. The normalized spacial score (nSPS) is 32.5. The predicted octanol–water partition coefficient (Wildman–Crippen LogP) is 5.23. The topological polar surface area (TPSA) is 151 Å². The second-order valence-electron chi connectivity index (χ2n) is 12.3. The third-order valence-electron chi connectivity index (χ3n) is 9.14. The number of nitrogens with one attached hydrogen (secondary N) is 1. The van der Waals surface area contributed by atoms with Gasteiger partial charge in [-0.3, -0.25) is 10.1 Å². The van der Waals surface area contributed by atoms with Crippen molar-refractivity contribution in [1.29, 1.82) is 0 Å². The third kappa shape index (κ3) is 6.40. The lowest BCUT2D eigenvalue weighted by atomic mass is 9.68. The summed E-state index contributed by atoms with van der Waals surface area (Å²) in [5.41, 5.74) is -0.434. The molecule has 2 heterocycles. The molecule has 0 bridgehead atoms. The molecule has 2 aliphatic carbocycles. The van der Waals surface area contributed by atoms with Crippen molar-refractivity contribution < 1.29 is 42.9 Å². The van der Waals surface area contributed by atoms with Gasteiger partial charge in [-0.2, -0.15) is 0 Å². The number of allylic oxidation sites excluding steroid dienone is 1. The van der Waals surface area contributed by atoms with E-state index in [1.54, 1.807) is 7.11 Å². The molecule has 1 amide bonds. The highest BCUT2D eigenvalue weighted by Crippen LogP contribution is 2.59. The van der Waals surface area contributed by atoms with Crippen molar-refractivity contribution in [2.24, 2.45) is 5.92 Å². The summed E-state index contributed by atoms with van der Waals surface area (Å²) in [6, 6.07) is 5.10. The van der Waals surface area contributed by atoms with Gasteiger partial charge in [-0.25, -0.2) is 9.59 Å². The molecule has 4 unspecified atom stereocenters. The van der Waals surface area contributed by atoms with E-state index in [9.17, 15) is 19.7 Å². The van der Waals surface area contributed by atoms with Crippen LogP contribution in [0.15, 0.2) is 35.9 Å². The minimum absolute atomic E-state index is 0.0494. The van der Waals surface area contributed by atoms with Gasteiger partial charge in [0.2, 0.25) is 0 Å². The van der Waals surface area contributed by atoms with Gasteiger partial charge in [0.25, 0.3) is 5.69 Å². The molecular weight excluding hydrogens is 548 g/mol. The molecule has 2 saturated heterocycles. The zero-order valence-corrected chi connectivity index (χ0v) is 24.6. The summed E-state index contributed by atoms with van der Waals surface area (Å²) in [7, 11) is 1.63. The van der Waals surface area contributed by atoms with E-state index in [0.717, 1.165) is 25.7 Å². The van der Waals surface area contributed by atoms with Gasteiger partial charge < -0.3 is 33.7 Å². The van der Waals surface area contributed by atoms with Crippen LogP contribution >= 0.6 is 0 Å². The average molecular weight is 589 g/mol. The maximum atomic E-state index is 13.3. The average Bonchev–Trinajstić information content (AvgIpc) is 3.81. The molecule has 12 nitrogen and oxygen atoms in total. The standard InChI is InChI=1S/C30H40N2O10/c1-19(2)7-12-23-28(3,42-23)25-24(37-4)22(13-16-30(25)18-39-30)41-26(33)31-29(14-5-6-15-29)17-38-27(34)40-21-10-8-20(9-11-21)32(35)36/h7-11,22-25H,5-6,12-18H2,1-4H3,(H,31,33)/t22?,23-,24?,25?,28?,30+/m1/s1. The molecule has 230 valence electrons. The number of amides is 1. The van der Waals surface area contributed by atoms with Crippen LogP contribution in [-0.2, 0) is 23.7 Å². The Bertz CT molecular complexity index is 1200. The highest BCUT2D eigenvalue weighted by molar-refractivity contribution is 5.69. The largest absolute Gasteiger partial charge is 0.513 e. The number of methoxy groups -OCH3 is 1. The number of non-ortho nitro benzene ring substituents is 1. The fourth-order valence-corrected chi connectivity index (χ4v) is 6.77. The summed E-state index contributed by atoms with van der Waals surface area (Å²) in [5.74, 6) is 0.0276. The monoisotopic (exact) mass is 588 g/mol. The fraction of sp³-hybridized carbons (Fsp3) is 0.667. The first-order chi connectivity index (χ1) is 20.0. The van der Waals surface area contributed by atoms with E-state index < -0.39 is 40.5 Å². The van der Waals surface area contributed by atoms with E-state index in [-0.39, 0.29) is 35.7 Å². The summed E-state index contributed by atoms with van der Waals surface area (Å²) < 4.78 is 34.7. The van der Waals surface area contributed by atoms with E-state index >= 15 is 0 Å². The molecule has 1 N–H and O–H groups in total. The number of carbonyl (C=O) groups excluding carboxylic acids is 2. The molecule has 4 fully saturated rings. The van der Waals surface area contributed by atoms with Crippen molar-refractivity contribution in [1.82, 2.24) is 5.32 Å². The molecular formula is C30H40N2O10. The Kier molecular flexibility index (Phi) is 8.51. The number of carbonyl (C=O) groups is 2. The van der Waals surface area contributed by atoms with Crippen molar-refractivity contribution in [3.8, 4) is 5.75 Å². The molecule has 5 rings (SSSR count). The number of hydrogen-bond donors (Lipinski definition) is 1. The van der Waals surface area contributed by atoms with Crippen molar-refractivity contribution in [2.45, 2.75) is 101 Å². The Balaban J connectivity index is 1.18. The summed E-state index contributed by atoms with van der Waals surface area (Å²) in [5, 5.41) is 13.8. The second-order valence-corrected chi connectivity index (χ2v) is 12.3. The van der Waals surface area contributed by atoms with Gasteiger partial charge in [0.15, 0.2) is 0 Å². The van der Waals surface area contributed by atoms with Crippen LogP contribution in [0.5, 0.6) is 5.75 Å². The van der Waals surface area contributed by atoms with Gasteiger partial charge in [0.1, 0.15) is 35.8 Å². The van der Waals surface area contributed by atoms with Gasteiger partial charge >= 0.3 is 12.2 Å². The number of rotatable bonds is 10. The number of nitro groups is 1. The fourth-order valence-electron chi connectivity index (χ4n) is 6.77. The number of epoxide rings is 2. The number of hydrogen-bond acceptors (Lipinski definition) is 10. The van der Waals surface area contributed by atoms with Gasteiger partial charge in [-0.05, 0) is 65.0 Å². The van der Waals surface area contributed by atoms with Gasteiger partial charge in [0, 0.05) is 19.2 Å².